The third-order valence-electron chi connectivity index (χ3n) is 3.04. The summed E-state index contributed by atoms with van der Waals surface area (Å²) in [7, 11) is 0.424. The quantitative estimate of drug-likeness (QED) is 0.634. The van der Waals surface area contributed by atoms with Crippen LogP contribution in [0.15, 0.2) is 17.2 Å². The molecule has 2 rings (SSSR count). The van der Waals surface area contributed by atoms with Crippen LogP contribution in [0.2, 0.25) is 0 Å². The summed E-state index contributed by atoms with van der Waals surface area (Å²) in [5, 5.41) is 3.34. The summed E-state index contributed by atoms with van der Waals surface area (Å²) in [5.74, 6) is 0. The summed E-state index contributed by atoms with van der Waals surface area (Å²) in [4.78, 5) is 5.24. The molecule has 0 unspecified atom stereocenters. The van der Waals surface area contributed by atoms with Crippen LogP contribution in [0.3, 0.4) is 0 Å². The van der Waals surface area contributed by atoms with Crippen LogP contribution in [0.25, 0.3) is 0 Å². The average molecular weight is 286 g/mol. The summed E-state index contributed by atoms with van der Waals surface area (Å²) in [6.07, 6.45) is 3.98. The molecule has 1 aliphatic rings. The van der Waals surface area contributed by atoms with Gasteiger partial charge in [0.05, 0.1) is 4.90 Å². The maximum absolute atomic E-state index is 12.0. The maximum Gasteiger partial charge on any atom is 0.242 e. The summed E-state index contributed by atoms with van der Waals surface area (Å²) in [6.45, 7) is 1.79. The predicted molar refractivity (Wildman–Crippen MR) is 74.4 cm³/mol. The van der Waals surface area contributed by atoms with Crippen LogP contribution in [0.5, 0.6) is 0 Å². The lowest BCUT2D eigenvalue weighted by molar-refractivity contribution is 0.412. The van der Waals surface area contributed by atoms with Gasteiger partial charge < -0.3 is 15.2 Å². The van der Waals surface area contributed by atoms with E-state index in [1.807, 2.05) is 19.0 Å². The fourth-order valence-corrected chi connectivity index (χ4v) is 2.74. The van der Waals surface area contributed by atoms with E-state index in [2.05, 4.69) is 15.0 Å². The van der Waals surface area contributed by atoms with Gasteiger partial charge in [-0.3, -0.25) is 0 Å². The first-order chi connectivity index (χ1) is 8.97. The van der Waals surface area contributed by atoms with Gasteiger partial charge >= 0.3 is 0 Å². The first kappa shape index (κ1) is 14.5. The minimum absolute atomic E-state index is 0.304. The van der Waals surface area contributed by atoms with Gasteiger partial charge in [0.2, 0.25) is 10.0 Å². The second kappa shape index (κ2) is 6.04. The molecule has 1 fully saturated rings. The van der Waals surface area contributed by atoms with Crippen molar-refractivity contribution in [1.82, 2.24) is 19.9 Å². The molecule has 19 heavy (non-hydrogen) atoms. The molecule has 0 spiro atoms. The highest BCUT2D eigenvalue weighted by Crippen LogP contribution is 2.19. The molecule has 6 nitrogen and oxygen atoms in total. The van der Waals surface area contributed by atoms with Crippen molar-refractivity contribution in [1.29, 1.82) is 0 Å². The van der Waals surface area contributed by atoms with E-state index in [9.17, 15) is 8.42 Å². The van der Waals surface area contributed by atoms with E-state index in [0.717, 1.165) is 5.69 Å². The first-order valence-corrected chi connectivity index (χ1v) is 8.01. The van der Waals surface area contributed by atoms with Gasteiger partial charge in [0.1, 0.15) is 0 Å². The highest BCUT2D eigenvalue weighted by Gasteiger charge is 2.21. The van der Waals surface area contributed by atoms with Crippen molar-refractivity contribution in [3.05, 3.63) is 18.0 Å². The number of hydrogen-bond acceptors (Lipinski definition) is 4. The lowest BCUT2D eigenvalue weighted by Gasteiger charge is -2.09. The second-order valence-corrected chi connectivity index (χ2v) is 6.98. The van der Waals surface area contributed by atoms with E-state index >= 15 is 0 Å². The SMILES string of the molecule is CN(C)CCNS(=O)(=O)c1c[nH]c(CNC2CC2)c1. The van der Waals surface area contributed by atoms with Crippen molar-refractivity contribution in [3.63, 3.8) is 0 Å². The van der Waals surface area contributed by atoms with E-state index in [1.165, 1.54) is 12.8 Å². The van der Waals surface area contributed by atoms with Gasteiger partial charge in [-0.25, -0.2) is 13.1 Å². The Morgan fingerprint density at radius 2 is 2.16 bits per heavy atom. The lowest BCUT2D eigenvalue weighted by atomic mass is 10.4. The molecule has 1 aromatic heterocycles. The number of aromatic amines is 1. The monoisotopic (exact) mass is 286 g/mol. The summed E-state index contributed by atoms with van der Waals surface area (Å²) >= 11 is 0. The Morgan fingerprint density at radius 1 is 1.42 bits per heavy atom. The van der Waals surface area contributed by atoms with E-state index in [4.69, 9.17) is 0 Å². The normalized spacial score (nSPS) is 16.2. The topological polar surface area (TPSA) is 77.2 Å². The molecule has 1 heterocycles. The summed E-state index contributed by atoms with van der Waals surface area (Å²) < 4.78 is 26.6. The van der Waals surface area contributed by atoms with Gasteiger partial charge in [-0.05, 0) is 33.0 Å². The van der Waals surface area contributed by atoms with Crippen LogP contribution >= 0.6 is 0 Å². The van der Waals surface area contributed by atoms with Crippen LogP contribution in [-0.4, -0.2) is 51.5 Å². The van der Waals surface area contributed by atoms with Gasteiger partial charge in [-0.15, -0.1) is 0 Å². The standard InChI is InChI=1S/C12H22N4O2S/c1-16(2)6-5-15-19(17,18)12-7-11(14-9-12)8-13-10-3-4-10/h7,9-10,13-15H,3-6,8H2,1-2H3. The van der Waals surface area contributed by atoms with Crippen molar-refractivity contribution < 1.29 is 8.42 Å². The molecule has 7 heteroatoms. The van der Waals surface area contributed by atoms with E-state index in [1.54, 1.807) is 12.3 Å². The molecule has 108 valence electrons. The minimum atomic E-state index is -3.39. The molecule has 0 bridgehead atoms. The summed E-state index contributed by atoms with van der Waals surface area (Å²) in [6, 6.07) is 2.30. The molecule has 0 aliphatic heterocycles. The Bertz CT molecular complexity index is 506. The van der Waals surface area contributed by atoms with E-state index in [-0.39, 0.29) is 0 Å². The zero-order chi connectivity index (χ0) is 13.9. The van der Waals surface area contributed by atoms with Crippen molar-refractivity contribution in [2.24, 2.45) is 0 Å². The van der Waals surface area contributed by atoms with Crippen LogP contribution in [0.4, 0.5) is 0 Å². The molecule has 0 amide bonds. The fraction of sp³-hybridized carbons (Fsp3) is 0.667. The minimum Gasteiger partial charge on any atom is -0.363 e. The fourth-order valence-electron chi connectivity index (χ4n) is 1.70. The molecular weight excluding hydrogens is 264 g/mol. The number of hydrogen-bond donors (Lipinski definition) is 3. The molecule has 1 aromatic rings. The van der Waals surface area contributed by atoms with Crippen molar-refractivity contribution >= 4 is 10.0 Å². The van der Waals surface area contributed by atoms with Gasteiger partial charge in [-0.2, -0.15) is 0 Å². The molecule has 0 radical (unpaired) electrons. The van der Waals surface area contributed by atoms with Crippen molar-refractivity contribution in [3.8, 4) is 0 Å². The Kier molecular flexibility index (Phi) is 4.62. The average Bonchev–Trinajstić information content (AvgIpc) is 3.02. The van der Waals surface area contributed by atoms with Crippen LogP contribution < -0.4 is 10.0 Å². The summed E-state index contributed by atoms with van der Waals surface area (Å²) in [5.41, 5.74) is 0.903. The number of nitrogens with zero attached hydrogens (tertiary/aromatic N) is 1. The number of aromatic nitrogens is 1. The zero-order valence-corrected chi connectivity index (χ0v) is 12.3. The number of likely N-dealkylation sites (N-methyl/N-ethyl adjacent to an activating group) is 1. The van der Waals surface area contributed by atoms with Gasteiger partial charge in [0.25, 0.3) is 0 Å². The Balaban J connectivity index is 1.87. The molecule has 0 saturated heterocycles. The maximum atomic E-state index is 12.0. The molecule has 1 aliphatic carbocycles. The molecule has 1 saturated carbocycles. The molecule has 0 aromatic carbocycles. The number of H-pyrrole nitrogens is 1. The number of nitrogens with one attached hydrogen (secondary N) is 3. The predicted octanol–water partition coefficient (Wildman–Crippen LogP) is 0.107. The largest absolute Gasteiger partial charge is 0.363 e. The lowest BCUT2D eigenvalue weighted by Crippen LogP contribution is -2.31. The smallest absolute Gasteiger partial charge is 0.242 e. The third-order valence-corrected chi connectivity index (χ3v) is 4.48. The highest BCUT2D eigenvalue weighted by molar-refractivity contribution is 7.89. The first-order valence-electron chi connectivity index (χ1n) is 6.52. The molecule has 0 atom stereocenters. The van der Waals surface area contributed by atoms with Gasteiger partial charge in [-0.1, -0.05) is 0 Å². The van der Waals surface area contributed by atoms with Crippen LogP contribution in [-0.2, 0) is 16.6 Å². The van der Waals surface area contributed by atoms with Crippen LogP contribution in [0.1, 0.15) is 18.5 Å². The van der Waals surface area contributed by atoms with Crippen molar-refractivity contribution in [2.75, 3.05) is 27.2 Å². The Morgan fingerprint density at radius 3 is 2.79 bits per heavy atom. The second-order valence-electron chi connectivity index (χ2n) is 5.22. The van der Waals surface area contributed by atoms with Crippen molar-refractivity contribution in [2.45, 2.75) is 30.3 Å². The highest BCUT2D eigenvalue weighted by atomic mass is 32.2. The number of sulfonamides is 1. The number of rotatable bonds is 8. The third kappa shape index (κ3) is 4.61. The Labute approximate surface area is 114 Å². The molecule has 3 N–H and O–H groups in total. The van der Waals surface area contributed by atoms with E-state index in [0.29, 0.717) is 30.6 Å². The zero-order valence-electron chi connectivity index (χ0n) is 11.4. The Hall–Kier alpha value is -0.890. The van der Waals surface area contributed by atoms with E-state index < -0.39 is 10.0 Å². The van der Waals surface area contributed by atoms with Crippen LogP contribution in [0, 0.1) is 0 Å². The molecular formula is C12H22N4O2S. The van der Waals surface area contributed by atoms with Gasteiger partial charge in [0.15, 0.2) is 0 Å². The van der Waals surface area contributed by atoms with Gasteiger partial charge in [0, 0.05) is 37.6 Å².